The number of ether oxygens (including phenoxy) is 1. The van der Waals surface area contributed by atoms with Crippen LogP contribution in [0.2, 0.25) is 0 Å². The van der Waals surface area contributed by atoms with Gasteiger partial charge in [-0.15, -0.1) is 10.2 Å². The summed E-state index contributed by atoms with van der Waals surface area (Å²) in [6, 6.07) is 8.37. The monoisotopic (exact) mass is 291 g/mol. The van der Waals surface area contributed by atoms with Crippen LogP contribution < -0.4 is 0 Å². The minimum absolute atomic E-state index is 0.270. The molecule has 0 N–H and O–H groups in total. The summed E-state index contributed by atoms with van der Waals surface area (Å²) in [6.07, 6.45) is 0.270. The lowest BCUT2D eigenvalue weighted by atomic mass is 10.2. The highest BCUT2D eigenvalue weighted by atomic mass is 32.2. The van der Waals surface area contributed by atoms with Gasteiger partial charge in [0.05, 0.1) is 12.7 Å². The molecule has 0 spiro atoms. The number of hydrogen-bond donors (Lipinski definition) is 0. The zero-order valence-electron chi connectivity index (χ0n) is 12.5. The SMILES string of the molecule is Cc1cccc(-n2c(C)nnc2SCCOC(C)C)c1. The fourth-order valence-electron chi connectivity index (χ4n) is 1.92. The van der Waals surface area contributed by atoms with Crippen LogP contribution in [0, 0.1) is 13.8 Å². The molecule has 0 atom stereocenters. The molecule has 1 aromatic heterocycles. The minimum atomic E-state index is 0.270. The van der Waals surface area contributed by atoms with Crippen molar-refractivity contribution in [2.45, 2.75) is 39.0 Å². The molecule has 0 aliphatic rings. The maximum absolute atomic E-state index is 5.56. The van der Waals surface area contributed by atoms with Crippen LogP contribution in [0.25, 0.3) is 5.69 Å². The number of nitrogens with zero attached hydrogens (tertiary/aromatic N) is 3. The molecule has 20 heavy (non-hydrogen) atoms. The van der Waals surface area contributed by atoms with Gasteiger partial charge in [-0.25, -0.2) is 0 Å². The van der Waals surface area contributed by atoms with Gasteiger partial charge >= 0.3 is 0 Å². The van der Waals surface area contributed by atoms with Gasteiger partial charge in [0.15, 0.2) is 5.16 Å². The second kappa shape index (κ2) is 6.90. The molecule has 1 aromatic carbocycles. The van der Waals surface area contributed by atoms with Gasteiger partial charge in [0, 0.05) is 11.4 Å². The van der Waals surface area contributed by atoms with E-state index in [1.165, 1.54) is 5.56 Å². The number of aryl methyl sites for hydroxylation is 2. The summed E-state index contributed by atoms with van der Waals surface area (Å²) in [6.45, 7) is 8.88. The Kier molecular flexibility index (Phi) is 5.20. The van der Waals surface area contributed by atoms with Crippen LogP contribution in [0.3, 0.4) is 0 Å². The van der Waals surface area contributed by atoms with Crippen LogP contribution in [0.5, 0.6) is 0 Å². The van der Waals surface area contributed by atoms with E-state index in [0.29, 0.717) is 0 Å². The summed E-state index contributed by atoms with van der Waals surface area (Å²) in [5, 5.41) is 9.36. The fourth-order valence-corrected chi connectivity index (χ4v) is 2.74. The van der Waals surface area contributed by atoms with Crippen LogP contribution in [-0.2, 0) is 4.74 Å². The average molecular weight is 291 g/mol. The van der Waals surface area contributed by atoms with Crippen molar-refractivity contribution in [2.75, 3.05) is 12.4 Å². The molecule has 108 valence electrons. The van der Waals surface area contributed by atoms with Crippen molar-refractivity contribution in [1.29, 1.82) is 0 Å². The number of thioether (sulfide) groups is 1. The Balaban J connectivity index is 2.11. The highest BCUT2D eigenvalue weighted by molar-refractivity contribution is 7.99. The summed E-state index contributed by atoms with van der Waals surface area (Å²) in [5.74, 6) is 1.78. The number of benzene rings is 1. The second-order valence-corrected chi connectivity index (χ2v) is 6.03. The molecule has 0 saturated heterocycles. The normalized spacial score (nSPS) is 11.2. The van der Waals surface area contributed by atoms with Crippen molar-refractivity contribution in [3.05, 3.63) is 35.7 Å². The first-order chi connectivity index (χ1) is 9.58. The Hall–Kier alpha value is -1.33. The van der Waals surface area contributed by atoms with E-state index in [-0.39, 0.29) is 6.10 Å². The van der Waals surface area contributed by atoms with Gasteiger partial charge in [-0.05, 0) is 45.4 Å². The van der Waals surface area contributed by atoms with Crippen molar-refractivity contribution in [2.24, 2.45) is 0 Å². The maximum Gasteiger partial charge on any atom is 0.195 e. The van der Waals surface area contributed by atoms with E-state index in [4.69, 9.17) is 4.74 Å². The van der Waals surface area contributed by atoms with Crippen LogP contribution in [0.4, 0.5) is 0 Å². The van der Waals surface area contributed by atoms with Crippen LogP contribution in [0.1, 0.15) is 25.2 Å². The van der Waals surface area contributed by atoms with Gasteiger partial charge in [0.25, 0.3) is 0 Å². The highest BCUT2D eigenvalue weighted by Crippen LogP contribution is 2.22. The minimum Gasteiger partial charge on any atom is -0.378 e. The molecular formula is C15H21N3OS. The van der Waals surface area contributed by atoms with Gasteiger partial charge in [-0.1, -0.05) is 23.9 Å². The van der Waals surface area contributed by atoms with E-state index in [2.05, 4.69) is 46.0 Å². The molecule has 2 rings (SSSR count). The van der Waals surface area contributed by atoms with Gasteiger partial charge < -0.3 is 4.74 Å². The number of rotatable bonds is 6. The second-order valence-electron chi connectivity index (χ2n) is 4.97. The Labute approximate surface area is 124 Å². The van der Waals surface area contributed by atoms with Crippen LogP contribution >= 0.6 is 11.8 Å². The first kappa shape index (κ1) is 15.1. The standard InChI is InChI=1S/C15H21N3OS/c1-11(2)19-8-9-20-15-17-16-13(4)18(15)14-7-5-6-12(3)10-14/h5-7,10-11H,8-9H2,1-4H3. The lowest BCUT2D eigenvalue weighted by Crippen LogP contribution is -2.06. The van der Waals surface area contributed by atoms with Crippen molar-refractivity contribution in [1.82, 2.24) is 14.8 Å². The maximum atomic E-state index is 5.56. The average Bonchev–Trinajstić information content (AvgIpc) is 2.76. The molecule has 0 aliphatic heterocycles. The summed E-state index contributed by atoms with van der Waals surface area (Å²) < 4.78 is 7.65. The lowest BCUT2D eigenvalue weighted by Gasteiger charge is -2.10. The number of hydrogen-bond acceptors (Lipinski definition) is 4. The van der Waals surface area contributed by atoms with Crippen molar-refractivity contribution in [3.8, 4) is 5.69 Å². The van der Waals surface area contributed by atoms with Gasteiger partial charge in [-0.2, -0.15) is 0 Å². The molecule has 0 amide bonds. The lowest BCUT2D eigenvalue weighted by molar-refractivity contribution is 0.0920. The summed E-state index contributed by atoms with van der Waals surface area (Å²) in [5.41, 5.74) is 2.34. The van der Waals surface area contributed by atoms with E-state index in [9.17, 15) is 0 Å². The first-order valence-corrected chi connectivity index (χ1v) is 7.80. The van der Waals surface area contributed by atoms with Crippen molar-refractivity contribution in [3.63, 3.8) is 0 Å². The van der Waals surface area contributed by atoms with E-state index in [1.807, 2.05) is 20.8 Å². The van der Waals surface area contributed by atoms with Crippen LogP contribution in [0.15, 0.2) is 29.4 Å². The van der Waals surface area contributed by atoms with E-state index < -0.39 is 0 Å². The largest absolute Gasteiger partial charge is 0.378 e. The summed E-state index contributed by atoms with van der Waals surface area (Å²) in [7, 11) is 0. The van der Waals surface area contributed by atoms with E-state index >= 15 is 0 Å². The predicted octanol–water partition coefficient (Wildman–Crippen LogP) is 3.40. The van der Waals surface area contributed by atoms with Crippen LogP contribution in [-0.4, -0.2) is 33.2 Å². The Bertz CT molecular complexity index is 566. The molecule has 5 heteroatoms. The zero-order chi connectivity index (χ0) is 14.5. The smallest absolute Gasteiger partial charge is 0.195 e. The quantitative estimate of drug-likeness (QED) is 0.604. The Morgan fingerprint density at radius 3 is 2.75 bits per heavy atom. The zero-order valence-corrected chi connectivity index (χ0v) is 13.3. The predicted molar refractivity (Wildman–Crippen MR) is 82.6 cm³/mol. The van der Waals surface area contributed by atoms with Gasteiger partial charge in [-0.3, -0.25) is 4.57 Å². The third-order valence-electron chi connectivity index (χ3n) is 2.82. The molecular weight excluding hydrogens is 270 g/mol. The third-order valence-corrected chi connectivity index (χ3v) is 3.71. The Morgan fingerprint density at radius 1 is 1.25 bits per heavy atom. The first-order valence-electron chi connectivity index (χ1n) is 6.81. The highest BCUT2D eigenvalue weighted by Gasteiger charge is 2.11. The molecule has 2 aromatic rings. The molecule has 4 nitrogen and oxygen atoms in total. The van der Waals surface area contributed by atoms with Gasteiger partial charge in [0.2, 0.25) is 0 Å². The van der Waals surface area contributed by atoms with E-state index in [1.54, 1.807) is 11.8 Å². The number of aromatic nitrogens is 3. The molecule has 0 radical (unpaired) electrons. The Morgan fingerprint density at radius 2 is 2.05 bits per heavy atom. The van der Waals surface area contributed by atoms with Crippen molar-refractivity contribution >= 4 is 11.8 Å². The summed E-state index contributed by atoms with van der Waals surface area (Å²) in [4.78, 5) is 0. The van der Waals surface area contributed by atoms with Crippen molar-refractivity contribution < 1.29 is 4.74 Å². The van der Waals surface area contributed by atoms with Gasteiger partial charge in [0.1, 0.15) is 5.82 Å². The molecule has 0 saturated carbocycles. The van der Waals surface area contributed by atoms with E-state index in [0.717, 1.165) is 29.0 Å². The molecule has 0 bridgehead atoms. The molecule has 1 heterocycles. The topological polar surface area (TPSA) is 39.9 Å². The third kappa shape index (κ3) is 3.84. The molecule has 0 aliphatic carbocycles. The fraction of sp³-hybridized carbons (Fsp3) is 0.467. The summed E-state index contributed by atoms with van der Waals surface area (Å²) >= 11 is 1.67. The molecule has 0 unspecified atom stereocenters. The molecule has 0 fully saturated rings.